The van der Waals surface area contributed by atoms with Crippen molar-refractivity contribution in [1.82, 2.24) is 4.98 Å². The van der Waals surface area contributed by atoms with Gasteiger partial charge in [-0.2, -0.15) is 0 Å². The Balaban J connectivity index is 2.42. The third kappa shape index (κ3) is 0.852. The smallest absolute Gasteiger partial charge is 0.182 e. The number of hydrogen-bond acceptors (Lipinski definition) is 3. The molecule has 0 unspecified atom stereocenters. The van der Waals surface area contributed by atoms with E-state index in [-0.39, 0.29) is 0 Å². The van der Waals surface area contributed by atoms with E-state index in [1.54, 1.807) is 0 Å². The van der Waals surface area contributed by atoms with Crippen LogP contribution >= 0.6 is 0 Å². The lowest BCUT2D eigenvalue weighted by atomic mass is 10.1. The number of nitrogens with zero attached hydrogens (tertiary/aromatic N) is 1. The van der Waals surface area contributed by atoms with Gasteiger partial charge in [0.15, 0.2) is 12.0 Å². The fraction of sp³-hybridized carbons (Fsp3) is 0. The van der Waals surface area contributed by atoms with Crippen LogP contribution in [0, 0.1) is 0 Å². The molecular weight excluding hydrogens is 202 g/mol. The molecular formula is C13H7NO2. The number of oxazole rings is 1. The number of fused-ring (bicyclic) bond motifs is 5. The van der Waals surface area contributed by atoms with Gasteiger partial charge in [0, 0.05) is 5.39 Å². The van der Waals surface area contributed by atoms with E-state index in [0.29, 0.717) is 0 Å². The normalized spacial score (nSPS) is 11.8. The molecule has 2 aromatic heterocycles. The lowest BCUT2D eigenvalue weighted by Gasteiger charge is -1.89. The topological polar surface area (TPSA) is 39.2 Å². The Kier molecular flexibility index (Phi) is 1.31. The van der Waals surface area contributed by atoms with Gasteiger partial charge in [0.1, 0.15) is 16.7 Å². The zero-order chi connectivity index (χ0) is 10.5. The fourth-order valence-electron chi connectivity index (χ4n) is 2.13. The maximum absolute atomic E-state index is 5.74. The van der Waals surface area contributed by atoms with Crippen LogP contribution < -0.4 is 0 Å². The molecule has 2 aromatic carbocycles. The van der Waals surface area contributed by atoms with Crippen LogP contribution in [0.2, 0.25) is 0 Å². The first-order valence-corrected chi connectivity index (χ1v) is 5.07. The zero-order valence-electron chi connectivity index (χ0n) is 8.31. The molecule has 4 rings (SSSR count). The molecule has 0 radical (unpaired) electrons. The minimum atomic E-state index is 0.794. The van der Waals surface area contributed by atoms with E-state index in [0.717, 1.165) is 33.0 Å². The quantitative estimate of drug-likeness (QED) is 0.443. The Bertz CT molecular complexity index is 810. The molecule has 0 amide bonds. The first-order chi connectivity index (χ1) is 7.93. The van der Waals surface area contributed by atoms with E-state index in [4.69, 9.17) is 8.83 Å². The van der Waals surface area contributed by atoms with Crippen LogP contribution in [0.25, 0.3) is 33.0 Å². The van der Waals surface area contributed by atoms with Crippen LogP contribution in [0.4, 0.5) is 0 Å². The summed E-state index contributed by atoms with van der Waals surface area (Å²) >= 11 is 0. The predicted octanol–water partition coefficient (Wildman–Crippen LogP) is 3.73. The number of furan rings is 1. The largest absolute Gasteiger partial charge is 0.456 e. The van der Waals surface area contributed by atoms with Gasteiger partial charge in [0.05, 0.1) is 5.39 Å². The zero-order valence-corrected chi connectivity index (χ0v) is 8.31. The van der Waals surface area contributed by atoms with Crippen LogP contribution in [0.15, 0.2) is 51.6 Å². The van der Waals surface area contributed by atoms with Crippen LogP contribution in [-0.4, -0.2) is 4.98 Å². The molecule has 0 bridgehead atoms. The summed E-state index contributed by atoms with van der Waals surface area (Å²) in [5.41, 5.74) is 3.37. The maximum atomic E-state index is 5.74. The molecule has 0 aliphatic carbocycles. The molecule has 16 heavy (non-hydrogen) atoms. The molecule has 4 aromatic rings. The summed E-state index contributed by atoms with van der Waals surface area (Å²) in [6.45, 7) is 0. The Morgan fingerprint density at radius 3 is 2.88 bits per heavy atom. The number of para-hydroxylation sites is 1. The second-order valence-corrected chi connectivity index (χ2v) is 3.74. The van der Waals surface area contributed by atoms with Crippen molar-refractivity contribution in [2.45, 2.75) is 0 Å². The molecule has 0 aliphatic rings. The minimum Gasteiger partial charge on any atom is -0.456 e. The number of rotatable bonds is 0. The van der Waals surface area contributed by atoms with Gasteiger partial charge >= 0.3 is 0 Å². The summed E-state index contributed by atoms with van der Waals surface area (Å²) < 4.78 is 11.2. The van der Waals surface area contributed by atoms with Gasteiger partial charge in [0.2, 0.25) is 0 Å². The van der Waals surface area contributed by atoms with Gasteiger partial charge in [-0.15, -0.1) is 0 Å². The van der Waals surface area contributed by atoms with Crippen molar-refractivity contribution >= 4 is 33.0 Å². The molecule has 76 valence electrons. The highest BCUT2D eigenvalue weighted by Gasteiger charge is 2.12. The summed E-state index contributed by atoms with van der Waals surface area (Å²) in [5.74, 6) is 0. The number of aromatic nitrogens is 1. The lowest BCUT2D eigenvalue weighted by Crippen LogP contribution is -1.69. The second-order valence-electron chi connectivity index (χ2n) is 3.74. The van der Waals surface area contributed by atoms with Crippen molar-refractivity contribution in [3.8, 4) is 0 Å². The van der Waals surface area contributed by atoms with E-state index in [2.05, 4.69) is 4.98 Å². The fourth-order valence-corrected chi connectivity index (χ4v) is 2.13. The van der Waals surface area contributed by atoms with Crippen molar-refractivity contribution in [1.29, 1.82) is 0 Å². The highest BCUT2D eigenvalue weighted by Crippen LogP contribution is 2.33. The van der Waals surface area contributed by atoms with E-state index >= 15 is 0 Å². The molecule has 3 nitrogen and oxygen atoms in total. The van der Waals surface area contributed by atoms with Crippen LogP contribution in [0.5, 0.6) is 0 Å². The summed E-state index contributed by atoms with van der Waals surface area (Å²) in [4.78, 5) is 4.15. The second kappa shape index (κ2) is 2.64. The lowest BCUT2D eigenvalue weighted by molar-refractivity contribution is 0.604. The maximum Gasteiger partial charge on any atom is 0.182 e. The van der Waals surface area contributed by atoms with Gasteiger partial charge in [-0.25, -0.2) is 4.98 Å². The van der Waals surface area contributed by atoms with Crippen molar-refractivity contribution in [2.24, 2.45) is 0 Å². The van der Waals surface area contributed by atoms with Crippen molar-refractivity contribution in [3.63, 3.8) is 0 Å². The Hall–Kier alpha value is -2.29. The highest BCUT2D eigenvalue weighted by atomic mass is 16.3. The Morgan fingerprint density at radius 1 is 0.938 bits per heavy atom. The SMILES string of the molecule is c1ccc2c(c1)oc1ccc3ncoc3c12. The van der Waals surface area contributed by atoms with E-state index in [1.165, 1.54) is 6.39 Å². The average molecular weight is 209 g/mol. The molecule has 0 atom stereocenters. The van der Waals surface area contributed by atoms with Crippen LogP contribution in [0.3, 0.4) is 0 Å². The first kappa shape index (κ1) is 7.93. The van der Waals surface area contributed by atoms with Crippen molar-refractivity contribution in [3.05, 3.63) is 42.8 Å². The van der Waals surface area contributed by atoms with Gasteiger partial charge in [-0.3, -0.25) is 0 Å². The number of hydrogen-bond donors (Lipinski definition) is 0. The first-order valence-electron chi connectivity index (χ1n) is 5.07. The van der Waals surface area contributed by atoms with Crippen LogP contribution in [-0.2, 0) is 0 Å². The van der Waals surface area contributed by atoms with Crippen molar-refractivity contribution in [2.75, 3.05) is 0 Å². The third-order valence-corrected chi connectivity index (χ3v) is 2.84. The third-order valence-electron chi connectivity index (χ3n) is 2.84. The van der Waals surface area contributed by atoms with Gasteiger partial charge in [-0.1, -0.05) is 18.2 Å². The number of benzene rings is 2. The molecule has 0 fully saturated rings. The molecule has 0 saturated heterocycles. The molecule has 3 heteroatoms. The average Bonchev–Trinajstić information content (AvgIpc) is 2.91. The molecule has 0 aliphatic heterocycles. The van der Waals surface area contributed by atoms with Gasteiger partial charge in [0.25, 0.3) is 0 Å². The standard InChI is InChI=1S/C13H7NO2/c1-2-4-10-8(3-1)12-11(16-10)6-5-9-13(12)15-7-14-9/h1-7H. The van der Waals surface area contributed by atoms with E-state index < -0.39 is 0 Å². The molecule has 0 saturated carbocycles. The summed E-state index contributed by atoms with van der Waals surface area (Å²) in [5, 5.41) is 2.07. The minimum absolute atomic E-state index is 0.794. The Morgan fingerprint density at radius 2 is 1.88 bits per heavy atom. The van der Waals surface area contributed by atoms with Gasteiger partial charge in [-0.05, 0) is 18.2 Å². The van der Waals surface area contributed by atoms with E-state index in [9.17, 15) is 0 Å². The summed E-state index contributed by atoms with van der Waals surface area (Å²) in [6, 6.07) is 11.8. The van der Waals surface area contributed by atoms with Crippen molar-refractivity contribution < 1.29 is 8.83 Å². The monoisotopic (exact) mass is 209 g/mol. The summed E-state index contributed by atoms with van der Waals surface area (Å²) in [6.07, 6.45) is 1.46. The molecule has 2 heterocycles. The Labute approximate surface area is 90.3 Å². The van der Waals surface area contributed by atoms with Crippen LogP contribution in [0.1, 0.15) is 0 Å². The highest BCUT2D eigenvalue weighted by molar-refractivity contribution is 6.15. The summed E-state index contributed by atoms with van der Waals surface area (Å²) in [7, 11) is 0. The van der Waals surface area contributed by atoms with E-state index in [1.807, 2.05) is 36.4 Å². The van der Waals surface area contributed by atoms with Gasteiger partial charge < -0.3 is 8.83 Å². The molecule has 0 N–H and O–H groups in total. The predicted molar refractivity (Wildman–Crippen MR) is 61.3 cm³/mol. The molecule has 0 spiro atoms.